The molecule has 0 saturated carbocycles. The Morgan fingerprint density at radius 2 is 1.59 bits per heavy atom. The van der Waals surface area contributed by atoms with E-state index in [9.17, 15) is 18.4 Å². The standard InChI is InChI=1S/C21H22F2N2O2/c1-13-9-14(2)11-17(10-13)24-20(26)15-5-7-25(8-6-15)21(27)16-3-4-18(22)19(23)12-16/h3-4,9-12,15H,5-8H2,1-2H3,(H,24,26). The number of rotatable bonds is 3. The van der Waals surface area contributed by atoms with Gasteiger partial charge in [0.2, 0.25) is 5.91 Å². The van der Waals surface area contributed by atoms with Crippen LogP contribution in [0.3, 0.4) is 0 Å². The van der Waals surface area contributed by atoms with Crippen LogP contribution in [0.1, 0.15) is 34.3 Å². The van der Waals surface area contributed by atoms with Crippen LogP contribution >= 0.6 is 0 Å². The summed E-state index contributed by atoms with van der Waals surface area (Å²) in [6.45, 7) is 4.77. The van der Waals surface area contributed by atoms with Crippen molar-refractivity contribution in [3.63, 3.8) is 0 Å². The van der Waals surface area contributed by atoms with Gasteiger partial charge in [-0.25, -0.2) is 8.78 Å². The number of aryl methyl sites for hydroxylation is 2. The maximum absolute atomic E-state index is 13.3. The van der Waals surface area contributed by atoms with Gasteiger partial charge in [-0.1, -0.05) is 6.07 Å². The largest absolute Gasteiger partial charge is 0.339 e. The molecule has 6 heteroatoms. The molecular weight excluding hydrogens is 350 g/mol. The van der Waals surface area contributed by atoms with Crippen LogP contribution in [0, 0.1) is 31.4 Å². The van der Waals surface area contributed by atoms with Crippen LogP contribution < -0.4 is 5.32 Å². The molecule has 0 aromatic heterocycles. The number of carbonyl (C=O) groups is 2. The molecule has 0 aliphatic carbocycles. The minimum Gasteiger partial charge on any atom is -0.339 e. The predicted molar refractivity (Wildman–Crippen MR) is 99.5 cm³/mol. The van der Waals surface area contributed by atoms with Crippen molar-refractivity contribution in [2.75, 3.05) is 18.4 Å². The van der Waals surface area contributed by atoms with Crippen LogP contribution in [0.4, 0.5) is 14.5 Å². The summed E-state index contributed by atoms with van der Waals surface area (Å²) < 4.78 is 26.4. The highest BCUT2D eigenvalue weighted by Gasteiger charge is 2.28. The second-order valence-electron chi connectivity index (χ2n) is 7.06. The summed E-state index contributed by atoms with van der Waals surface area (Å²) in [6.07, 6.45) is 1.07. The quantitative estimate of drug-likeness (QED) is 0.883. The first-order valence-electron chi connectivity index (χ1n) is 8.97. The van der Waals surface area contributed by atoms with Gasteiger partial charge in [-0.15, -0.1) is 0 Å². The molecule has 3 rings (SSSR count). The predicted octanol–water partition coefficient (Wildman–Crippen LogP) is 4.07. The van der Waals surface area contributed by atoms with Crippen LogP contribution in [0.5, 0.6) is 0 Å². The molecule has 0 radical (unpaired) electrons. The summed E-state index contributed by atoms with van der Waals surface area (Å²) in [7, 11) is 0. The van der Waals surface area contributed by atoms with Crippen LogP contribution in [0.25, 0.3) is 0 Å². The van der Waals surface area contributed by atoms with Gasteiger partial charge in [-0.2, -0.15) is 0 Å². The highest BCUT2D eigenvalue weighted by atomic mass is 19.2. The fourth-order valence-electron chi connectivity index (χ4n) is 3.45. The van der Waals surface area contributed by atoms with Crippen molar-refractivity contribution >= 4 is 17.5 Å². The summed E-state index contributed by atoms with van der Waals surface area (Å²) in [5, 5.41) is 2.95. The highest BCUT2D eigenvalue weighted by Crippen LogP contribution is 2.22. The van der Waals surface area contributed by atoms with E-state index in [1.54, 1.807) is 4.90 Å². The molecule has 2 amide bonds. The second kappa shape index (κ2) is 7.86. The summed E-state index contributed by atoms with van der Waals surface area (Å²) in [4.78, 5) is 26.5. The number of amides is 2. The van der Waals surface area contributed by atoms with Gasteiger partial charge >= 0.3 is 0 Å². The topological polar surface area (TPSA) is 49.4 Å². The van der Waals surface area contributed by atoms with Crippen molar-refractivity contribution in [1.82, 2.24) is 4.90 Å². The first-order chi connectivity index (χ1) is 12.8. The summed E-state index contributed by atoms with van der Waals surface area (Å²) in [6, 6.07) is 9.03. The number of halogens is 2. The van der Waals surface area contributed by atoms with E-state index < -0.39 is 11.6 Å². The third kappa shape index (κ3) is 4.51. The smallest absolute Gasteiger partial charge is 0.253 e. The van der Waals surface area contributed by atoms with Gasteiger partial charge < -0.3 is 10.2 Å². The molecule has 0 spiro atoms. The van der Waals surface area contributed by atoms with Gasteiger partial charge in [-0.3, -0.25) is 9.59 Å². The third-order valence-electron chi connectivity index (χ3n) is 4.81. The normalized spacial score (nSPS) is 14.9. The van der Waals surface area contributed by atoms with Crippen molar-refractivity contribution in [1.29, 1.82) is 0 Å². The number of anilines is 1. The number of hydrogen-bond acceptors (Lipinski definition) is 2. The molecule has 0 atom stereocenters. The molecule has 1 saturated heterocycles. The second-order valence-corrected chi connectivity index (χ2v) is 7.06. The summed E-state index contributed by atoms with van der Waals surface area (Å²) >= 11 is 0. The zero-order valence-electron chi connectivity index (χ0n) is 15.4. The molecule has 0 bridgehead atoms. The first-order valence-corrected chi connectivity index (χ1v) is 8.97. The van der Waals surface area contributed by atoms with Crippen molar-refractivity contribution < 1.29 is 18.4 Å². The van der Waals surface area contributed by atoms with E-state index in [2.05, 4.69) is 5.32 Å². The Hall–Kier alpha value is -2.76. The zero-order chi connectivity index (χ0) is 19.6. The third-order valence-corrected chi connectivity index (χ3v) is 4.81. The number of hydrogen-bond donors (Lipinski definition) is 1. The Balaban J connectivity index is 1.58. The van der Waals surface area contributed by atoms with Gasteiger partial charge in [0.15, 0.2) is 11.6 Å². The van der Waals surface area contributed by atoms with Gasteiger partial charge in [-0.05, 0) is 68.1 Å². The molecule has 4 nitrogen and oxygen atoms in total. The zero-order valence-corrected chi connectivity index (χ0v) is 15.4. The Kier molecular flexibility index (Phi) is 5.54. The average molecular weight is 372 g/mol. The molecule has 1 fully saturated rings. The molecule has 27 heavy (non-hydrogen) atoms. The summed E-state index contributed by atoms with van der Waals surface area (Å²) in [5.74, 6) is -2.60. The van der Waals surface area contributed by atoms with Gasteiger partial charge in [0.05, 0.1) is 0 Å². The van der Waals surface area contributed by atoms with E-state index in [4.69, 9.17) is 0 Å². The Morgan fingerprint density at radius 3 is 2.19 bits per heavy atom. The number of likely N-dealkylation sites (tertiary alicyclic amines) is 1. The fourth-order valence-corrected chi connectivity index (χ4v) is 3.45. The first kappa shape index (κ1) is 19.0. The lowest BCUT2D eigenvalue weighted by Gasteiger charge is -2.31. The van der Waals surface area contributed by atoms with Crippen LogP contribution in [-0.4, -0.2) is 29.8 Å². The molecule has 1 heterocycles. The molecule has 142 valence electrons. The van der Waals surface area contributed by atoms with Crippen molar-refractivity contribution in [3.05, 3.63) is 64.7 Å². The Bertz CT molecular complexity index is 854. The summed E-state index contributed by atoms with van der Waals surface area (Å²) in [5.41, 5.74) is 3.05. The van der Waals surface area contributed by atoms with Gasteiger partial charge in [0.1, 0.15) is 0 Å². The number of benzene rings is 2. The Labute approximate surface area is 157 Å². The van der Waals surface area contributed by atoms with Crippen molar-refractivity contribution in [3.8, 4) is 0 Å². The molecular formula is C21H22F2N2O2. The Morgan fingerprint density at radius 1 is 0.963 bits per heavy atom. The van der Waals surface area contributed by atoms with Crippen LogP contribution in [0.2, 0.25) is 0 Å². The SMILES string of the molecule is Cc1cc(C)cc(NC(=O)C2CCN(C(=O)c3ccc(F)c(F)c3)CC2)c1. The minimum atomic E-state index is -1.04. The highest BCUT2D eigenvalue weighted by molar-refractivity contribution is 5.95. The molecule has 2 aromatic carbocycles. The number of piperidine rings is 1. The van der Waals surface area contributed by atoms with Crippen molar-refractivity contribution in [2.45, 2.75) is 26.7 Å². The molecule has 2 aromatic rings. The van der Waals surface area contributed by atoms with Crippen LogP contribution in [-0.2, 0) is 4.79 Å². The van der Waals surface area contributed by atoms with Crippen LogP contribution in [0.15, 0.2) is 36.4 Å². The van der Waals surface area contributed by atoms with E-state index in [-0.39, 0.29) is 23.3 Å². The van der Waals surface area contributed by atoms with E-state index >= 15 is 0 Å². The monoisotopic (exact) mass is 372 g/mol. The average Bonchev–Trinajstić information content (AvgIpc) is 2.62. The van der Waals surface area contributed by atoms with Crippen molar-refractivity contribution in [2.24, 2.45) is 5.92 Å². The lowest BCUT2D eigenvalue weighted by molar-refractivity contribution is -0.121. The van der Waals surface area contributed by atoms with Gasteiger partial charge in [0.25, 0.3) is 5.91 Å². The molecule has 0 unspecified atom stereocenters. The van der Waals surface area contributed by atoms with E-state index in [0.717, 1.165) is 28.9 Å². The number of carbonyl (C=O) groups excluding carboxylic acids is 2. The number of nitrogens with zero attached hydrogens (tertiary/aromatic N) is 1. The van der Waals surface area contributed by atoms with E-state index in [0.29, 0.717) is 25.9 Å². The van der Waals surface area contributed by atoms with E-state index in [1.165, 1.54) is 6.07 Å². The molecule has 1 aliphatic rings. The fraction of sp³-hybridized carbons (Fsp3) is 0.333. The molecule has 1 aliphatic heterocycles. The van der Waals surface area contributed by atoms with E-state index in [1.807, 2.05) is 32.0 Å². The number of nitrogens with one attached hydrogen (secondary N) is 1. The molecule has 1 N–H and O–H groups in total. The maximum Gasteiger partial charge on any atom is 0.253 e. The lowest BCUT2D eigenvalue weighted by atomic mass is 9.95. The minimum absolute atomic E-state index is 0.0556. The maximum atomic E-state index is 13.3. The lowest BCUT2D eigenvalue weighted by Crippen LogP contribution is -2.41. The van der Waals surface area contributed by atoms with Gasteiger partial charge in [0, 0.05) is 30.3 Å².